The molecule has 25 heavy (non-hydrogen) atoms. The summed E-state index contributed by atoms with van der Waals surface area (Å²) in [6, 6.07) is 15.9. The first-order valence-electron chi connectivity index (χ1n) is 8.69. The Hall–Kier alpha value is -2.66. The molecule has 0 saturated carbocycles. The minimum Gasteiger partial charge on any atom is -0.492 e. The largest absolute Gasteiger partial charge is 0.492 e. The molecule has 5 heteroatoms. The Labute approximate surface area is 148 Å². The predicted molar refractivity (Wildman–Crippen MR) is 103 cm³/mol. The Morgan fingerprint density at radius 2 is 1.68 bits per heavy atom. The number of nitrogens with two attached hydrogens (primary N) is 1. The molecule has 0 bridgehead atoms. The van der Waals surface area contributed by atoms with Crippen molar-refractivity contribution in [2.75, 3.05) is 32.0 Å². The van der Waals surface area contributed by atoms with Crippen LogP contribution >= 0.6 is 0 Å². The number of nitrogen functional groups attached to an aromatic ring is 1. The van der Waals surface area contributed by atoms with Gasteiger partial charge in [0.2, 0.25) is 5.95 Å². The molecule has 1 aromatic heterocycles. The second-order valence-corrected chi connectivity index (χ2v) is 5.85. The monoisotopic (exact) mass is 336 g/mol. The molecule has 2 N–H and O–H groups in total. The van der Waals surface area contributed by atoms with Crippen molar-refractivity contribution in [3.8, 4) is 17.0 Å². The van der Waals surface area contributed by atoms with Crippen molar-refractivity contribution in [1.82, 2.24) is 14.9 Å². The van der Waals surface area contributed by atoms with Crippen LogP contribution in [0.3, 0.4) is 0 Å². The summed E-state index contributed by atoms with van der Waals surface area (Å²) in [5.74, 6) is 1.15. The molecular formula is C20H24N4O. The van der Waals surface area contributed by atoms with Crippen LogP contribution in [0.2, 0.25) is 0 Å². The lowest BCUT2D eigenvalue weighted by atomic mass is 10.1. The van der Waals surface area contributed by atoms with Crippen LogP contribution in [0.5, 0.6) is 5.75 Å². The van der Waals surface area contributed by atoms with Crippen LogP contribution in [-0.4, -0.2) is 41.1 Å². The molecule has 0 aliphatic rings. The average molecular weight is 336 g/mol. The third-order valence-electron chi connectivity index (χ3n) is 4.32. The van der Waals surface area contributed by atoms with E-state index in [0.717, 1.165) is 47.5 Å². The van der Waals surface area contributed by atoms with Gasteiger partial charge in [0, 0.05) is 17.5 Å². The van der Waals surface area contributed by atoms with E-state index in [-0.39, 0.29) is 5.95 Å². The molecule has 130 valence electrons. The van der Waals surface area contributed by atoms with Crippen LogP contribution < -0.4 is 10.5 Å². The fourth-order valence-electron chi connectivity index (χ4n) is 2.86. The van der Waals surface area contributed by atoms with Crippen molar-refractivity contribution < 1.29 is 4.74 Å². The van der Waals surface area contributed by atoms with E-state index in [0.29, 0.717) is 6.61 Å². The number of hydrogen-bond acceptors (Lipinski definition) is 5. The second kappa shape index (κ2) is 7.94. The fraction of sp³-hybridized carbons (Fsp3) is 0.300. The first-order chi connectivity index (χ1) is 12.2. The number of benzene rings is 2. The van der Waals surface area contributed by atoms with Gasteiger partial charge in [-0.15, -0.1) is 0 Å². The van der Waals surface area contributed by atoms with E-state index >= 15 is 0 Å². The number of ether oxygens (including phenoxy) is 1. The van der Waals surface area contributed by atoms with Gasteiger partial charge in [0.15, 0.2) is 0 Å². The molecular weight excluding hydrogens is 312 g/mol. The summed E-state index contributed by atoms with van der Waals surface area (Å²) in [5, 5.41) is 0.993. The summed E-state index contributed by atoms with van der Waals surface area (Å²) in [6.07, 6.45) is 0. The van der Waals surface area contributed by atoms with Crippen molar-refractivity contribution in [1.29, 1.82) is 0 Å². The number of hydrogen-bond donors (Lipinski definition) is 1. The minimum absolute atomic E-state index is 0.285. The molecule has 5 nitrogen and oxygen atoms in total. The number of likely N-dealkylation sites (N-methyl/N-ethyl adjacent to an activating group) is 1. The lowest BCUT2D eigenvalue weighted by Gasteiger charge is -2.18. The van der Waals surface area contributed by atoms with Crippen LogP contribution in [0.4, 0.5) is 5.95 Å². The summed E-state index contributed by atoms with van der Waals surface area (Å²) in [5.41, 5.74) is 8.56. The SMILES string of the molecule is CCN(CC)CCOc1ccc(-c2nc(N)nc3ccccc23)cc1. The number of nitrogens with zero attached hydrogens (tertiary/aromatic N) is 3. The quantitative estimate of drug-likeness (QED) is 0.714. The Balaban J connectivity index is 1.77. The molecule has 1 heterocycles. The maximum atomic E-state index is 5.86. The predicted octanol–water partition coefficient (Wildman–Crippen LogP) is 3.60. The van der Waals surface area contributed by atoms with E-state index in [1.165, 1.54) is 0 Å². The van der Waals surface area contributed by atoms with Gasteiger partial charge in [-0.05, 0) is 43.4 Å². The van der Waals surface area contributed by atoms with Gasteiger partial charge in [0.05, 0.1) is 11.2 Å². The molecule has 0 amide bonds. The number of para-hydroxylation sites is 1. The van der Waals surface area contributed by atoms with Gasteiger partial charge in [0.25, 0.3) is 0 Å². The summed E-state index contributed by atoms with van der Waals surface area (Å²) >= 11 is 0. The number of anilines is 1. The van der Waals surface area contributed by atoms with Crippen molar-refractivity contribution in [2.45, 2.75) is 13.8 Å². The minimum atomic E-state index is 0.285. The number of rotatable bonds is 7. The van der Waals surface area contributed by atoms with Gasteiger partial charge in [-0.3, -0.25) is 0 Å². The molecule has 3 aromatic rings. The smallest absolute Gasteiger partial charge is 0.221 e. The lowest BCUT2D eigenvalue weighted by Crippen LogP contribution is -2.27. The van der Waals surface area contributed by atoms with E-state index < -0.39 is 0 Å². The van der Waals surface area contributed by atoms with Gasteiger partial charge in [0.1, 0.15) is 12.4 Å². The maximum absolute atomic E-state index is 5.86. The van der Waals surface area contributed by atoms with Gasteiger partial charge >= 0.3 is 0 Å². The highest BCUT2D eigenvalue weighted by Crippen LogP contribution is 2.28. The Morgan fingerprint density at radius 1 is 0.960 bits per heavy atom. The number of fused-ring (bicyclic) bond motifs is 1. The zero-order valence-corrected chi connectivity index (χ0v) is 14.8. The van der Waals surface area contributed by atoms with Crippen LogP contribution in [0, 0.1) is 0 Å². The van der Waals surface area contributed by atoms with E-state index in [4.69, 9.17) is 10.5 Å². The molecule has 0 spiro atoms. The van der Waals surface area contributed by atoms with Crippen molar-refractivity contribution >= 4 is 16.9 Å². The average Bonchev–Trinajstić information content (AvgIpc) is 2.65. The second-order valence-electron chi connectivity index (χ2n) is 5.85. The molecule has 0 fully saturated rings. The topological polar surface area (TPSA) is 64.3 Å². The van der Waals surface area contributed by atoms with Crippen LogP contribution in [0.15, 0.2) is 48.5 Å². The Morgan fingerprint density at radius 3 is 2.40 bits per heavy atom. The fourth-order valence-corrected chi connectivity index (χ4v) is 2.86. The van der Waals surface area contributed by atoms with Crippen LogP contribution in [-0.2, 0) is 0 Å². The maximum Gasteiger partial charge on any atom is 0.221 e. The highest BCUT2D eigenvalue weighted by molar-refractivity contribution is 5.93. The summed E-state index contributed by atoms with van der Waals surface area (Å²) in [4.78, 5) is 11.1. The first kappa shape index (κ1) is 17.2. The summed E-state index contributed by atoms with van der Waals surface area (Å²) in [6.45, 7) is 8.03. The lowest BCUT2D eigenvalue weighted by molar-refractivity contribution is 0.223. The third kappa shape index (κ3) is 4.06. The Kier molecular flexibility index (Phi) is 5.46. The molecule has 0 atom stereocenters. The van der Waals surface area contributed by atoms with E-state index in [9.17, 15) is 0 Å². The first-order valence-corrected chi connectivity index (χ1v) is 8.69. The Bertz CT molecular complexity index is 829. The summed E-state index contributed by atoms with van der Waals surface area (Å²) < 4.78 is 5.84. The van der Waals surface area contributed by atoms with Gasteiger partial charge in [-0.25, -0.2) is 9.97 Å². The molecule has 3 rings (SSSR count). The van der Waals surface area contributed by atoms with Crippen molar-refractivity contribution in [3.63, 3.8) is 0 Å². The van der Waals surface area contributed by atoms with E-state index in [2.05, 4.69) is 28.7 Å². The molecule has 0 saturated heterocycles. The number of aromatic nitrogens is 2. The van der Waals surface area contributed by atoms with E-state index in [1.54, 1.807) is 0 Å². The highest BCUT2D eigenvalue weighted by atomic mass is 16.5. The molecule has 2 aromatic carbocycles. The summed E-state index contributed by atoms with van der Waals surface area (Å²) in [7, 11) is 0. The van der Waals surface area contributed by atoms with Gasteiger partial charge < -0.3 is 15.4 Å². The third-order valence-corrected chi connectivity index (χ3v) is 4.32. The normalized spacial score (nSPS) is 11.2. The zero-order valence-electron chi connectivity index (χ0n) is 14.8. The van der Waals surface area contributed by atoms with Crippen molar-refractivity contribution in [2.24, 2.45) is 0 Å². The highest BCUT2D eigenvalue weighted by Gasteiger charge is 2.08. The standard InChI is InChI=1S/C20H24N4O/c1-3-24(4-2)13-14-25-16-11-9-15(10-12-16)19-17-7-5-6-8-18(17)22-20(21)23-19/h5-12H,3-4,13-14H2,1-2H3,(H2,21,22,23). The molecule has 0 unspecified atom stereocenters. The molecule has 0 aliphatic carbocycles. The van der Waals surface area contributed by atoms with Crippen LogP contribution in [0.1, 0.15) is 13.8 Å². The van der Waals surface area contributed by atoms with Crippen LogP contribution in [0.25, 0.3) is 22.2 Å². The van der Waals surface area contributed by atoms with Crippen molar-refractivity contribution in [3.05, 3.63) is 48.5 Å². The zero-order chi connectivity index (χ0) is 17.6. The van der Waals surface area contributed by atoms with E-state index in [1.807, 2.05) is 48.5 Å². The van der Waals surface area contributed by atoms with Gasteiger partial charge in [-0.1, -0.05) is 32.0 Å². The molecule has 0 aliphatic heterocycles. The molecule has 0 radical (unpaired) electrons. The van der Waals surface area contributed by atoms with Gasteiger partial charge in [-0.2, -0.15) is 0 Å².